The molecule has 5 heteroatoms. The van der Waals surface area contributed by atoms with Crippen LogP contribution >= 0.6 is 0 Å². The van der Waals surface area contributed by atoms with Crippen LogP contribution in [0.4, 0.5) is 0 Å². The zero-order chi connectivity index (χ0) is 23.3. The predicted octanol–water partition coefficient (Wildman–Crippen LogP) is 6.73. The summed E-state index contributed by atoms with van der Waals surface area (Å²) >= 11 is 0. The molecule has 11 atom stereocenters. The Morgan fingerprint density at radius 3 is 2.44 bits per heavy atom. The summed E-state index contributed by atoms with van der Waals surface area (Å²) in [6.07, 6.45) is 10.5. The Morgan fingerprint density at radius 1 is 1.00 bits per heavy atom. The van der Waals surface area contributed by atoms with Crippen LogP contribution < -0.4 is 0 Å². The van der Waals surface area contributed by atoms with E-state index in [1.165, 1.54) is 51.4 Å². The Kier molecular flexibility index (Phi) is 6.94. The van der Waals surface area contributed by atoms with E-state index in [-0.39, 0.29) is 5.41 Å². The molecule has 4 aliphatic rings. The molecule has 32 heavy (non-hydrogen) atoms. The molecule has 2 N–H and O–H groups in total. The van der Waals surface area contributed by atoms with Crippen LogP contribution in [-0.2, 0) is 0 Å². The van der Waals surface area contributed by atoms with E-state index < -0.39 is 18.2 Å². The molecule has 0 saturated heterocycles. The second-order valence-electron chi connectivity index (χ2n) is 13.0. The van der Waals surface area contributed by atoms with Gasteiger partial charge in [0.1, 0.15) is 0 Å². The van der Waals surface area contributed by atoms with E-state index in [1.54, 1.807) is 0 Å². The van der Waals surface area contributed by atoms with Gasteiger partial charge in [0, 0.05) is 4.91 Å². The normalized spacial score (nSPS) is 49.0. The topological polar surface area (TPSA) is 89.2 Å². The fourth-order valence-corrected chi connectivity index (χ4v) is 9.58. The number of aliphatic hydroxyl groups excluding tert-OH is 2. The Hall–Kier alpha value is -0.770. The molecule has 182 valence electrons. The quantitative estimate of drug-likeness (QED) is 0.270. The van der Waals surface area contributed by atoms with Gasteiger partial charge in [0.15, 0.2) is 0 Å². The monoisotopic (exact) mass is 445 g/mol. The van der Waals surface area contributed by atoms with Crippen LogP contribution in [-0.4, -0.2) is 28.5 Å². The van der Waals surface area contributed by atoms with Crippen LogP contribution in [0.2, 0.25) is 0 Å². The zero-order valence-corrected chi connectivity index (χ0v) is 21.1. The number of rotatable bonds is 6. The van der Waals surface area contributed by atoms with E-state index in [1.807, 2.05) is 0 Å². The Bertz CT molecular complexity index is 722. The molecule has 0 amide bonds. The minimum absolute atomic E-state index is 0.198. The van der Waals surface area contributed by atoms with Gasteiger partial charge >= 0.3 is 0 Å². The fourth-order valence-electron chi connectivity index (χ4n) is 9.58. The highest BCUT2D eigenvalue weighted by atomic mass is 16.3. The smallest absolute Gasteiger partial charge is 0.0889 e. The molecule has 0 heterocycles. The summed E-state index contributed by atoms with van der Waals surface area (Å²) in [7, 11) is 0. The van der Waals surface area contributed by atoms with Gasteiger partial charge in [0.05, 0.1) is 18.2 Å². The van der Waals surface area contributed by atoms with E-state index >= 15 is 0 Å². The molecule has 0 bridgehead atoms. The second-order valence-corrected chi connectivity index (χ2v) is 13.0. The van der Waals surface area contributed by atoms with Gasteiger partial charge in [-0.25, -0.2) is 0 Å². The first kappa shape index (κ1) is 24.4. The van der Waals surface area contributed by atoms with Gasteiger partial charge in [-0.05, 0) is 103 Å². The predicted molar refractivity (Wildman–Crippen MR) is 129 cm³/mol. The molecule has 4 aliphatic carbocycles. The Morgan fingerprint density at radius 2 is 1.75 bits per heavy atom. The van der Waals surface area contributed by atoms with Crippen molar-refractivity contribution in [1.82, 2.24) is 0 Å². The summed E-state index contributed by atoms with van der Waals surface area (Å²) in [5, 5.41) is 25.4. The highest BCUT2D eigenvalue weighted by molar-refractivity contribution is 5.14. The van der Waals surface area contributed by atoms with E-state index in [0.717, 1.165) is 30.1 Å². The first-order valence-corrected chi connectivity index (χ1v) is 13.5. The summed E-state index contributed by atoms with van der Waals surface area (Å²) < 4.78 is 0. The van der Waals surface area contributed by atoms with Crippen molar-refractivity contribution in [3.05, 3.63) is 10.4 Å². The molecule has 0 spiro atoms. The van der Waals surface area contributed by atoms with Crippen LogP contribution in [0.25, 0.3) is 10.4 Å². The van der Waals surface area contributed by atoms with Crippen LogP contribution in [0.3, 0.4) is 0 Å². The van der Waals surface area contributed by atoms with Crippen LogP contribution in [0.15, 0.2) is 5.11 Å². The maximum absolute atomic E-state index is 10.8. The molecule has 5 nitrogen and oxygen atoms in total. The molecular weight excluding hydrogens is 398 g/mol. The minimum Gasteiger partial charge on any atom is -0.390 e. The van der Waals surface area contributed by atoms with Crippen LogP contribution in [0, 0.1) is 52.3 Å². The van der Waals surface area contributed by atoms with Gasteiger partial charge in [-0.1, -0.05) is 59.0 Å². The number of azide groups is 1. The van der Waals surface area contributed by atoms with E-state index in [2.05, 4.69) is 44.6 Å². The third kappa shape index (κ3) is 3.81. The summed E-state index contributed by atoms with van der Waals surface area (Å²) in [6, 6.07) is -0.509. The maximum atomic E-state index is 10.8. The summed E-state index contributed by atoms with van der Waals surface area (Å²) in [4.78, 5) is 3.13. The molecule has 4 saturated carbocycles. The van der Waals surface area contributed by atoms with Gasteiger partial charge in [-0.15, -0.1) is 0 Å². The third-order valence-electron chi connectivity index (χ3n) is 11.2. The lowest BCUT2D eigenvalue weighted by Crippen LogP contribution is -2.63. The van der Waals surface area contributed by atoms with Crippen molar-refractivity contribution >= 4 is 0 Å². The molecule has 0 aromatic heterocycles. The SMILES string of the molecule is CC(C)CCC[C@@H](C)[C@H]1CC[C@H]2[C@@H]3CCC4CC(O)C(O)C(N=[N+]=[N-])[C@]4(C)[C@H]3CC[C@]12C. The molecule has 4 unspecified atom stereocenters. The van der Waals surface area contributed by atoms with Crippen molar-refractivity contribution in [2.24, 2.45) is 57.4 Å². The Balaban J connectivity index is 1.55. The largest absolute Gasteiger partial charge is 0.390 e. The highest BCUT2D eigenvalue weighted by Crippen LogP contribution is 2.68. The number of hydrogen-bond donors (Lipinski definition) is 2. The van der Waals surface area contributed by atoms with Crippen molar-refractivity contribution in [3.8, 4) is 0 Å². The van der Waals surface area contributed by atoms with Gasteiger partial charge in [0.25, 0.3) is 0 Å². The molecule has 0 aromatic carbocycles. The summed E-state index contributed by atoms with van der Waals surface area (Å²) in [5.74, 6) is 4.69. The van der Waals surface area contributed by atoms with Crippen molar-refractivity contribution < 1.29 is 10.2 Å². The number of fused-ring (bicyclic) bond motifs is 5. The maximum Gasteiger partial charge on any atom is 0.0889 e. The molecule has 0 radical (unpaired) electrons. The molecule has 0 aromatic rings. The van der Waals surface area contributed by atoms with Crippen molar-refractivity contribution in [2.45, 2.75) is 117 Å². The fraction of sp³-hybridized carbons (Fsp3) is 1.00. The van der Waals surface area contributed by atoms with Crippen LogP contribution in [0.5, 0.6) is 0 Å². The minimum atomic E-state index is -0.934. The van der Waals surface area contributed by atoms with Crippen LogP contribution in [0.1, 0.15) is 98.8 Å². The van der Waals surface area contributed by atoms with E-state index in [0.29, 0.717) is 29.6 Å². The first-order valence-electron chi connectivity index (χ1n) is 13.5. The van der Waals surface area contributed by atoms with Gasteiger partial charge in [-0.3, -0.25) is 0 Å². The number of nitrogens with zero attached hydrogens (tertiary/aromatic N) is 3. The molecule has 4 fully saturated rings. The lowest BCUT2D eigenvalue weighted by molar-refractivity contribution is -0.171. The van der Waals surface area contributed by atoms with Crippen molar-refractivity contribution in [1.29, 1.82) is 0 Å². The van der Waals surface area contributed by atoms with E-state index in [4.69, 9.17) is 0 Å². The van der Waals surface area contributed by atoms with Gasteiger partial charge in [-0.2, -0.15) is 0 Å². The molecule has 0 aliphatic heterocycles. The second kappa shape index (κ2) is 9.12. The van der Waals surface area contributed by atoms with Crippen molar-refractivity contribution in [2.75, 3.05) is 0 Å². The highest BCUT2D eigenvalue weighted by Gasteiger charge is 2.64. The molecule has 4 rings (SSSR count). The number of aliphatic hydroxyl groups is 2. The zero-order valence-electron chi connectivity index (χ0n) is 21.1. The Labute approximate surface area is 195 Å². The van der Waals surface area contributed by atoms with Crippen molar-refractivity contribution in [3.63, 3.8) is 0 Å². The molecular formula is C27H47N3O2. The average Bonchev–Trinajstić information content (AvgIpc) is 3.09. The first-order chi connectivity index (χ1) is 15.1. The standard InChI is InChI=1S/C27H47N3O2/c1-16(2)7-6-8-17(3)20-11-12-21-19-10-9-18-15-23(31)24(32)25(29-30-28)27(18,5)22(19)13-14-26(20,21)4/h16-25,31-32H,6-15H2,1-5H3/t17-,18?,19+,20-,21+,22+,23?,24?,25?,26-,27+/m1/s1. The van der Waals surface area contributed by atoms with E-state index in [9.17, 15) is 15.7 Å². The third-order valence-corrected chi connectivity index (χ3v) is 11.2. The van der Waals surface area contributed by atoms with Gasteiger partial charge < -0.3 is 10.2 Å². The lowest BCUT2D eigenvalue weighted by Gasteiger charge is -2.63. The lowest BCUT2D eigenvalue weighted by atomic mass is 9.43. The summed E-state index contributed by atoms with van der Waals surface area (Å²) in [5.41, 5.74) is 9.52. The van der Waals surface area contributed by atoms with Gasteiger partial charge in [0.2, 0.25) is 0 Å². The average molecular weight is 446 g/mol. The number of hydrogen-bond acceptors (Lipinski definition) is 3. The summed E-state index contributed by atoms with van der Waals surface area (Å²) in [6.45, 7) is 12.1.